The van der Waals surface area contributed by atoms with Gasteiger partial charge in [-0.2, -0.15) is 0 Å². The van der Waals surface area contributed by atoms with E-state index in [2.05, 4.69) is 5.32 Å². The Morgan fingerprint density at radius 1 is 1.15 bits per heavy atom. The smallest absolute Gasteiger partial charge is 0.270 e. The molecule has 2 aromatic carbocycles. The van der Waals surface area contributed by atoms with Gasteiger partial charge in [0.05, 0.1) is 9.83 Å². The lowest BCUT2D eigenvalue weighted by Gasteiger charge is -2.11. The summed E-state index contributed by atoms with van der Waals surface area (Å²) in [7, 11) is 0. The molecule has 0 unspecified atom stereocenters. The van der Waals surface area contributed by atoms with Gasteiger partial charge in [-0.1, -0.05) is 42.2 Å². The first-order valence-corrected chi connectivity index (χ1v) is 9.09. The van der Waals surface area contributed by atoms with Crippen molar-refractivity contribution in [3.63, 3.8) is 0 Å². The van der Waals surface area contributed by atoms with Gasteiger partial charge >= 0.3 is 0 Å². The summed E-state index contributed by atoms with van der Waals surface area (Å²) < 4.78 is 11.6. The lowest BCUT2D eigenvalue weighted by Crippen LogP contribution is -2.17. The van der Waals surface area contributed by atoms with Crippen molar-refractivity contribution in [2.24, 2.45) is 0 Å². The van der Waals surface area contributed by atoms with Crippen LogP contribution in [0.25, 0.3) is 6.08 Å². The van der Waals surface area contributed by atoms with E-state index in [0.29, 0.717) is 27.1 Å². The Balaban J connectivity index is 1.73. The molecule has 1 amide bonds. The van der Waals surface area contributed by atoms with Gasteiger partial charge in [0.25, 0.3) is 11.6 Å². The van der Waals surface area contributed by atoms with Gasteiger partial charge in [-0.15, -0.1) is 0 Å². The first kappa shape index (κ1) is 18.9. The van der Waals surface area contributed by atoms with Crippen LogP contribution in [0.3, 0.4) is 0 Å². The van der Waals surface area contributed by atoms with Crippen LogP contribution in [0.2, 0.25) is 0 Å². The zero-order valence-electron chi connectivity index (χ0n) is 13.9. The number of nitrogens with one attached hydrogen (secondary N) is 1. The molecule has 0 spiro atoms. The number of non-ortho nitro benzene ring substituents is 1. The highest BCUT2D eigenvalue weighted by molar-refractivity contribution is 8.26. The lowest BCUT2D eigenvalue weighted by atomic mass is 10.1. The van der Waals surface area contributed by atoms with Gasteiger partial charge < -0.3 is 14.8 Å². The first-order valence-electron chi connectivity index (χ1n) is 7.87. The molecule has 2 aromatic rings. The fourth-order valence-corrected chi connectivity index (χ4v) is 3.32. The number of amides is 1. The molecule has 0 atom stereocenters. The maximum atomic E-state index is 11.9. The number of ether oxygens (including phenoxy) is 2. The zero-order valence-corrected chi connectivity index (χ0v) is 15.5. The second kappa shape index (κ2) is 8.65. The third-order valence-corrected chi connectivity index (χ3v) is 4.65. The normalized spacial score (nSPS) is 14.9. The van der Waals surface area contributed by atoms with Gasteiger partial charge in [-0.05, 0) is 24.3 Å². The van der Waals surface area contributed by atoms with Crippen molar-refractivity contribution in [1.29, 1.82) is 0 Å². The minimum Gasteiger partial charge on any atom is -0.490 e. The van der Waals surface area contributed by atoms with Crippen molar-refractivity contribution in [1.82, 2.24) is 5.32 Å². The van der Waals surface area contributed by atoms with E-state index in [4.69, 9.17) is 21.7 Å². The summed E-state index contributed by atoms with van der Waals surface area (Å²) in [6.45, 7) is 0.539. The summed E-state index contributed by atoms with van der Waals surface area (Å²) in [5.41, 5.74) is 0.326. The quantitative estimate of drug-likeness (QED) is 0.249. The van der Waals surface area contributed by atoms with Crippen LogP contribution >= 0.6 is 24.0 Å². The van der Waals surface area contributed by atoms with Crippen LogP contribution < -0.4 is 14.8 Å². The molecule has 0 saturated carbocycles. The van der Waals surface area contributed by atoms with Crippen molar-refractivity contribution >= 4 is 46.0 Å². The second-order valence-electron chi connectivity index (χ2n) is 5.34. The Kier molecular flexibility index (Phi) is 6.05. The van der Waals surface area contributed by atoms with E-state index >= 15 is 0 Å². The van der Waals surface area contributed by atoms with Gasteiger partial charge in [0.15, 0.2) is 0 Å². The minimum atomic E-state index is -0.503. The third kappa shape index (κ3) is 5.05. The number of thiocarbonyl (C=S) groups is 1. The van der Waals surface area contributed by atoms with E-state index in [1.165, 1.54) is 24.3 Å². The summed E-state index contributed by atoms with van der Waals surface area (Å²) in [4.78, 5) is 22.8. The monoisotopic (exact) mass is 402 g/mol. The molecular formula is C18H14N2O5S2. The van der Waals surface area contributed by atoms with Crippen LogP contribution in [0.4, 0.5) is 5.69 Å². The van der Waals surface area contributed by atoms with Crippen molar-refractivity contribution in [2.75, 3.05) is 13.2 Å². The molecule has 0 radical (unpaired) electrons. The van der Waals surface area contributed by atoms with E-state index in [0.717, 1.165) is 17.5 Å². The Morgan fingerprint density at radius 2 is 1.89 bits per heavy atom. The number of para-hydroxylation sites is 1. The fraction of sp³-hybridized carbons (Fsp3) is 0.111. The standard InChI is InChI=1S/C18H14N2O5S2/c21-17-16(27-18(26)19-17)11-12-10-13(20(22)23)6-7-15(12)25-9-8-24-14-4-2-1-3-5-14/h1-7,10-11H,8-9H2,(H,19,21,26)/b16-11-. The molecule has 1 heterocycles. The number of hydrogen-bond donors (Lipinski definition) is 1. The van der Waals surface area contributed by atoms with Crippen LogP contribution in [0.15, 0.2) is 53.4 Å². The summed E-state index contributed by atoms with van der Waals surface area (Å²) >= 11 is 6.05. The molecule has 0 bridgehead atoms. The predicted molar refractivity (Wildman–Crippen MR) is 107 cm³/mol. The molecule has 9 heteroatoms. The SMILES string of the molecule is O=C1NC(=S)S/C1=C\c1cc([N+](=O)[O-])ccc1OCCOc1ccccc1. The number of benzene rings is 2. The summed E-state index contributed by atoms with van der Waals surface area (Å²) in [6, 6.07) is 13.5. The van der Waals surface area contributed by atoms with E-state index in [1.54, 1.807) is 0 Å². The zero-order chi connectivity index (χ0) is 19.2. The second-order valence-corrected chi connectivity index (χ2v) is 7.06. The maximum Gasteiger partial charge on any atom is 0.270 e. The molecule has 0 aromatic heterocycles. The van der Waals surface area contributed by atoms with Crippen LogP contribution in [0.1, 0.15) is 5.56 Å². The van der Waals surface area contributed by atoms with Crippen molar-refractivity contribution in [3.05, 3.63) is 69.1 Å². The largest absolute Gasteiger partial charge is 0.490 e. The number of carbonyl (C=O) groups is 1. The number of thioether (sulfide) groups is 1. The van der Waals surface area contributed by atoms with Gasteiger partial charge in [-0.3, -0.25) is 14.9 Å². The number of nitro benzene ring substituents is 1. The number of carbonyl (C=O) groups excluding carboxylic acids is 1. The molecule has 3 rings (SSSR count). The van der Waals surface area contributed by atoms with Crippen LogP contribution in [0, 0.1) is 10.1 Å². The topological polar surface area (TPSA) is 90.7 Å². The average Bonchev–Trinajstić information content (AvgIpc) is 2.97. The molecule has 138 valence electrons. The van der Waals surface area contributed by atoms with Crippen LogP contribution in [-0.2, 0) is 4.79 Å². The van der Waals surface area contributed by atoms with Crippen molar-refractivity contribution in [2.45, 2.75) is 0 Å². The number of nitro groups is 1. The highest BCUT2D eigenvalue weighted by Crippen LogP contribution is 2.31. The van der Waals surface area contributed by atoms with Gasteiger partial charge in [-0.25, -0.2) is 0 Å². The van der Waals surface area contributed by atoms with Gasteiger partial charge in [0.2, 0.25) is 0 Å². The molecule has 27 heavy (non-hydrogen) atoms. The summed E-state index contributed by atoms with van der Waals surface area (Å²) in [5.74, 6) is 0.797. The highest BCUT2D eigenvalue weighted by atomic mass is 32.2. The highest BCUT2D eigenvalue weighted by Gasteiger charge is 2.23. The Morgan fingerprint density at radius 3 is 2.56 bits per heavy atom. The Bertz CT molecular complexity index is 915. The Hall–Kier alpha value is -2.91. The Labute approximate surface area is 164 Å². The molecule has 7 nitrogen and oxygen atoms in total. The number of nitrogens with zero attached hydrogens (tertiary/aromatic N) is 1. The van der Waals surface area contributed by atoms with E-state index < -0.39 is 4.92 Å². The molecule has 0 aliphatic carbocycles. The average molecular weight is 402 g/mol. The fourth-order valence-electron chi connectivity index (χ4n) is 2.28. The molecule has 1 N–H and O–H groups in total. The number of hydrogen-bond acceptors (Lipinski definition) is 7. The van der Waals surface area contributed by atoms with Crippen molar-refractivity contribution in [3.8, 4) is 11.5 Å². The molecule has 1 fully saturated rings. The molecule has 1 aliphatic rings. The number of rotatable bonds is 7. The van der Waals surface area contributed by atoms with Crippen LogP contribution in [-0.4, -0.2) is 28.4 Å². The van der Waals surface area contributed by atoms with E-state index in [9.17, 15) is 14.9 Å². The lowest BCUT2D eigenvalue weighted by molar-refractivity contribution is -0.384. The van der Waals surface area contributed by atoms with Gasteiger partial charge in [0, 0.05) is 17.7 Å². The van der Waals surface area contributed by atoms with E-state index in [-0.39, 0.29) is 18.2 Å². The minimum absolute atomic E-state index is 0.0966. The molecular weight excluding hydrogens is 388 g/mol. The van der Waals surface area contributed by atoms with E-state index in [1.807, 2.05) is 30.3 Å². The van der Waals surface area contributed by atoms with Crippen LogP contribution in [0.5, 0.6) is 11.5 Å². The van der Waals surface area contributed by atoms with Crippen molar-refractivity contribution < 1.29 is 19.2 Å². The first-order chi connectivity index (χ1) is 13.0. The maximum absolute atomic E-state index is 11.9. The summed E-state index contributed by atoms with van der Waals surface area (Å²) in [5, 5.41) is 13.6. The predicted octanol–water partition coefficient (Wildman–Crippen LogP) is 3.54. The molecule has 1 aliphatic heterocycles. The van der Waals surface area contributed by atoms with Gasteiger partial charge in [0.1, 0.15) is 29.0 Å². The third-order valence-electron chi connectivity index (χ3n) is 3.49. The molecule has 1 saturated heterocycles. The summed E-state index contributed by atoms with van der Waals surface area (Å²) in [6.07, 6.45) is 1.53.